The van der Waals surface area contributed by atoms with Gasteiger partial charge in [0, 0.05) is 42.7 Å². The fraction of sp³-hybridized carbons (Fsp3) is 0.136. The summed E-state index contributed by atoms with van der Waals surface area (Å²) in [6.45, 7) is 0. The quantitative estimate of drug-likeness (QED) is 0.641. The van der Waals surface area contributed by atoms with Crippen molar-refractivity contribution in [1.82, 2.24) is 19.4 Å². The van der Waals surface area contributed by atoms with Gasteiger partial charge in [-0.1, -0.05) is 5.10 Å². The highest BCUT2D eigenvalue weighted by Gasteiger charge is 2.44. The van der Waals surface area contributed by atoms with Gasteiger partial charge < -0.3 is 9.47 Å². The van der Waals surface area contributed by atoms with Gasteiger partial charge in [-0.05, 0) is 24.3 Å². The molecule has 0 saturated carbocycles. The van der Waals surface area contributed by atoms with E-state index in [1.807, 2.05) is 68.3 Å². The molecule has 0 N–H and O–H groups in total. The summed E-state index contributed by atoms with van der Waals surface area (Å²) in [5.74, 6) is 1.53. The molecule has 7 heteroatoms. The van der Waals surface area contributed by atoms with Gasteiger partial charge in [0.2, 0.25) is 5.70 Å². The average molecular weight is 386 g/mol. The van der Waals surface area contributed by atoms with Crippen molar-refractivity contribution in [2.75, 3.05) is 14.2 Å². The normalized spacial score (nSPS) is 20.2. The summed E-state index contributed by atoms with van der Waals surface area (Å²) < 4.78 is 13.2. The first-order valence-corrected chi connectivity index (χ1v) is 9.21. The van der Waals surface area contributed by atoms with Crippen molar-refractivity contribution in [1.29, 1.82) is 0 Å². The molecule has 0 bridgehead atoms. The third-order valence-electron chi connectivity index (χ3n) is 5.26. The van der Waals surface area contributed by atoms with Crippen LogP contribution in [0.25, 0.3) is 16.5 Å². The number of hydrogen-bond acceptors (Lipinski definition) is 5. The van der Waals surface area contributed by atoms with E-state index in [0.29, 0.717) is 0 Å². The molecule has 2 aliphatic heterocycles. The molecule has 144 valence electrons. The standard InChI is InChI=1S/C22H20N5O2/c1-26-13-16(12-24-26)15-10-22(29-3)21-7-9-25-27(21,14-15)20-6-8-23-19-5-4-17(28-2)11-18(19)20/h4-14H,1-3H3/q+1. The number of quaternary nitrogens is 1. The number of rotatable bonds is 4. The van der Waals surface area contributed by atoms with E-state index in [1.165, 1.54) is 0 Å². The number of fused-ring (bicyclic) bond motifs is 2. The van der Waals surface area contributed by atoms with Crippen LogP contribution in [-0.2, 0) is 11.8 Å². The number of methoxy groups -OCH3 is 2. The van der Waals surface area contributed by atoms with Crippen molar-refractivity contribution < 1.29 is 9.47 Å². The molecule has 0 spiro atoms. The van der Waals surface area contributed by atoms with Gasteiger partial charge in [-0.3, -0.25) is 9.67 Å². The van der Waals surface area contributed by atoms with Crippen molar-refractivity contribution in [3.8, 4) is 5.75 Å². The molecule has 0 saturated heterocycles. The minimum atomic E-state index is 0.163. The molecule has 4 heterocycles. The predicted octanol–water partition coefficient (Wildman–Crippen LogP) is 3.75. The Morgan fingerprint density at radius 1 is 1.10 bits per heavy atom. The monoisotopic (exact) mass is 386 g/mol. The highest BCUT2D eigenvalue weighted by Crippen LogP contribution is 2.45. The lowest BCUT2D eigenvalue weighted by molar-refractivity contribution is 0.278. The van der Waals surface area contributed by atoms with Crippen LogP contribution in [0.1, 0.15) is 5.56 Å². The largest absolute Gasteiger partial charge is 0.497 e. The second-order valence-electron chi connectivity index (χ2n) is 6.91. The number of nitrogens with zero attached hydrogens (tertiary/aromatic N) is 5. The van der Waals surface area contributed by atoms with Crippen LogP contribution in [-0.4, -0.2) is 35.2 Å². The second-order valence-corrected chi connectivity index (χ2v) is 6.91. The molecule has 0 aliphatic carbocycles. The van der Waals surface area contributed by atoms with Gasteiger partial charge in [-0.25, -0.2) is 0 Å². The van der Waals surface area contributed by atoms with Crippen LogP contribution in [0.2, 0.25) is 0 Å². The van der Waals surface area contributed by atoms with E-state index in [1.54, 1.807) is 18.9 Å². The fourth-order valence-electron chi connectivity index (χ4n) is 3.88. The first kappa shape index (κ1) is 17.4. The summed E-state index contributed by atoms with van der Waals surface area (Å²) in [7, 11) is 5.25. The van der Waals surface area contributed by atoms with Crippen molar-refractivity contribution in [3.63, 3.8) is 0 Å². The minimum absolute atomic E-state index is 0.163. The van der Waals surface area contributed by atoms with Crippen molar-refractivity contribution in [2.24, 2.45) is 12.1 Å². The van der Waals surface area contributed by atoms with E-state index in [2.05, 4.69) is 16.3 Å². The molecule has 2 aliphatic rings. The third kappa shape index (κ3) is 2.59. The summed E-state index contributed by atoms with van der Waals surface area (Å²) >= 11 is 0. The molecule has 0 fully saturated rings. The maximum Gasteiger partial charge on any atom is 0.213 e. The van der Waals surface area contributed by atoms with Gasteiger partial charge in [0.25, 0.3) is 0 Å². The smallest absolute Gasteiger partial charge is 0.213 e. The van der Waals surface area contributed by atoms with Crippen LogP contribution >= 0.6 is 0 Å². The third-order valence-corrected chi connectivity index (χ3v) is 5.26. The lowest BCUT2D eigenvalue weighted by Crippen LogP contribution is -2.38. The Kier molecular flexibility index (Phi) is 3.85. The predicted molar refractivity (Wildman–Crippen MR) is 113 cm³/mol. The van der Waals surface area contributed by atoms with Gasteiger partial charge in [-0.15, -0.1) is 4.59 Å². The van der Waals surface area contributed by atoms with Crippen molar-refractivity contribution in [3.05, 3.63) is 78.2 Å². The summed E-state index contributed by atoms with van der Waals surface area (Å²) in [6, 6.07) is 7.87. The molecule has 5 rings (SSSR count). The highest BCUT2D eigenvalue weighted by molar-refractivity contribution is 5.96. The lowest BCUT2D eigenvalue weighted by Gasteiger charge is -2.31. The van der Waals surface area contributed by atoms with Crippen LogP contribution < -0.4 is 9.33 Å². The molecule has 0 amide bonds. The zero-order chi connectivity index (χ0) is 20.0. The van der Waals surface area contributed by atoms with Crippen molar-refractivity contribution in [2.45, 2.75) is 0 Å². The Labute approximate surface area is 168 Å². The molecule has 1 aromatic carbocycles. The van der Waals surface area contributed by atoms with Crippen LogP contribution in [0.3, 0.4) is 0 Å². The average Bonchev–Trinajstić information content (AvgIpc) is 3.39. The van der Waals surface area contributed by atoms with Gasteiger partial charge in [0.05, 0.1) is 37.5 Å². The van der Waals surface area contributed by atoms with Gasteiger partial charge in [-0.2, -0.15) is 5.10 Å². The zero-order valence-electron chi connectivity index (χ0n) is 16.4. The number of aromatic nitrogens is 3. The number of ether oxygens (including phenoxy) is 2. The molecule has 0 radical (unpaired) electrons. The molecule has 2 aromatic heterocycles. The SMILES string of the molecule is COC1=CC(c2cnn(C)c2)=C[N+]2(c3ccnc4ccc(OC)cc34)N=CC=C12. The van der Waals surface area contributed by atoms with E-state index in [0.717, 1.165) is 44.9 Å². The van der Waals surface area contributed by atoms with E-state index in [4.69, 9.17) is 14.6 Å². The van der Waals surface area contributed by atoms with Crippen LogP contribution in [0.5, 0.6) is 5.75 Å². The number of allylic oxidation sites excluding steroid dienone is 3. The first-order chi connectivity index (χ1) is 14.1. The molecular formula is C22H20N5O2+. The summed E-state index contributed by atoms with van der Waals surface area (Å²) in [5, 5.41) is 10.2. The molecule has 7 nitrogen and oxygen atoms in total. The molecule has 1 atom stereocenters. The summed E-state index contributed by atoms with van der Waals surface area (Å²) in [4.78, 5) is 4.53. The van der Waals surface area contributed by atoms with Crippen molar-refractivity contribution >= 4 is 28.4 Å². The van der Waals surface area contributed by atoms with Crippen LogP contribution in [0.15, 0.2) is 77.8 Å². The van der Waals surface area contributed by atoms with E-state index in [-0.39, 0.29) is 4.59 Å². The molecule has 1 unspecified atom stereocenters. The minimum Gasteiger partial charge on any atom is -0.497 e. The lowest BCUT2D eigenvalue weighted by atomic mass is 10.0. The van der Waals surface area contributed by atoms with E-state index < -0.39 is 0 Å². The highest BCUT2D eigenvalue weighted by atomic mass is 16.5. The molecule has 29 heavy (non-hydrogen) atoms. The zero-order valence-corrected chi connectivity index (χ0v) is 16.4. The first-order valence-electron chi connectivity index (χ1n) is 9.21. The maximum atomic E-state index is 5.76. The second kappa shape index (κ2) is 6.42. The number of aryl methyl sites for hydroxylation is 1. The maximum absolute atomic E-state index is 5.76. The Hall–Kier alpha value is -3.71. The Bertz CT molecular complexity index is 1250. The topological polar surface area (TPSA) is 61.5 Å². The summed E-state index contributed by atoms with van der Waals surface area (Å²) in [5.41, 5.74) is 4.77. The van der Waals surface area contributed by atoms with Crippen LogP contribution in [0, 0.1) is 0 Å². The Morgan fingerprint density at radius 2 is 2.00 bits per heavy atom. The van der Waals surface area contributed by atoms with Gasteiger partial charge in [0.15, 0.2) is 11.4 Å². The molecular weight excluding hydrogens is 366 g/mol. The fourth-order valence-corrected chi connectivity index (χ4v) is 3.88. The van der Waals surface area contributed by atoms with Crippen LogP contribution in [0.4, 0.5) is 5.69 Å². The number of benzene rings is 1. The summed E-state index contributed by atoms with van der Waals surface area (Å²) in [6.07, 6.45) is 13.6. The Morgan fingerprint density at radius 3 is 2.76 bits per heavy atom. The number of hydrogen-bond donors (Lipinski definition) is 0. The van der Waals surface area contributed by atoms with E-state index in [9.17, 15) is 0 Å². The van der Waals surface area contributed by atoms with E-state index >= 15 is 0 Å². The molecule has 3 aromatic rings. The Balaban J connectivity index is 1.79. The van der Waals surface area contributed by atoms with Gasteiger partial charge in [0.1, 0.15) is 11.9 Å². The number of pyridine rings is 1. The van der Waals surface area contributed by atoms with Gasteiger partial charge >= 0.3 is 0 Å².